The van der Waals surface area contributed by atoms with Gasteiger partial charge in [0.15, 0.2) is 0 Å². The zero-order chi connectivity index (χ0) is 37.5. The van der Waals surface area contributed by atoms with Gasteiger partial charge < -0.3 is 28.3 Å². The van der Waals surface area contributed by atoms with E-state index < -0.39 is 29.9 Å². The summed E-state index contributed by atoms with van der Waals surface area (Å²) in [5.74, 6) is 0.379. The van der Waals surface area contributed by atoms with Crippen molar-refractivity contribution in [1.82, 2.24) is 0 Å². The molecule has 5 atom stereocenters. The lowest BCUT2D eigenvalue weighted by Crippen LogP contribution is -2.73. The van der Waals surface area contributed by atoms with Crippen molar-refractivity contribution in [2.24, 2.45) is 0 Å². The third-order valence-electron chi connectivity index (χ3n) is 11.9. The van der Waals surface area contributed by atoms with E-state index in [0.29, 0.717) is 38.9 Å². The zero-order valence-corrected chi connectivity index (χ0v) is 32.9. The first-order valence-electron chi connectivity index (χ1n) is 21.1. The molecule has 0 amide bonds. The Labute approximate surface area is 330 Å². The van der Waals surface area contributed by atoms with Gasteiger partial charge in [-0.05, 0) is 47.3 Å². The molecule has 55 heavy (non-hydrogen) atoms. The molecule has 3 fully saturated rings. The maximum Gasteiger partial charge on any atom is 0.332 e. The van der Waals surface area contributed by atoms with Crippen LogP contribution in [0.1, 0.15) is 99.8 Å². The van der Waals surface area contributed by atoms with Crippen molar-refractivity contribution in [3.8, 4) is 0 Å². The minimum atomic E-state index is -0.769. The van der Waals surface area contributed by atoms with Crippen molar-refractivity contribution in [2.75, 3.05) is 6.61 Å². The van der Waals surface area contributed by atoms with Crippen LogP contribution in [0, 0.1) is 0 Å². The van der Waals surface area contributed by atoms with Crippen molar-refractivity contribution >= 4 is 6.92 Å². The van der Waals surface area contributed by atoms with E-state index in [-0.39, 0.29) is 13.0 Å². The number of fused-ring (bicyclic) bond motifs is 3. The molecule has 4 aromatic rings. The molecule has 4 aromatic carbocycles. The highest BCUT2D eigenvalue weighted by molar-refractivity contribution is 6.57. The van der Waals surface area contributed by atoms with Crippen molar-refractivity contribution < 1.29 is 28.3 Å². The number of hydrogen-bond acceptors (Lipinski definition) is 6. The van der Waals surface area contributed by atoms with Crippen LogP contribution in [0.15, 0.2) is 121 Å². The Morgan fingerprint density at radius 2 is 1.09 bits per heavy atom. The van der Waals surface area contributed by atoms with Gasteiger partial charge in [-0.3, -0.25) is 0 Å². The smallest absolute Gasteiger partial charge is 0.332 e. The summed E-state index contributed by atoms with van der Waals surface area (Å²) in [5.41, 5.74) is 3.71. The highest BCUT2D eigenvalue weighted by Gasteiger charge is 2.64. The van der Waals surface area contributed by atoms with Crippen LogP contribution >= 0.6 is 0 Å². The second kappa shape index (κ2) is 20.7. The molecule has 292 valence electrons. The molecule has 0 spiro atoms. The Kier molecular flexibility index (Phi) is 15.1. The van der Waals surface area contributed by atoms with E-state index in [4.69, 9.17) is 28.3 Å². The van der Waals surface area contributed by atoms with Crippen LogP contribution in [-0.4, -0.2) is 49.5 Å². The predicted molar refractivity (Wildman–Crippen MR) is 220 cm³/mol. The average molecular weight is 745 g/mol. The first-order chi connectivity index (χ1) is 27.2. The molecule has 6 nitrogen and oxygen atoms in total. The summed E-state index contributed by atoms with van der Waals surface area (Å²) in [7, 11) is 0. The fourth-order valence-electron chi connectivity index (χ4n) is 9.16. The lowest BCUT2D eigenvalue weighted by molar-refractivity contribution is -0.292. The molecule has 0 radical (unpaired) electrons. The molecular formula is C48H61BO6. The molecule has 3 heterocycles. The molecule has 0 aliphatic carbocycles. The highest BCUT2D eigenvalue weighted by Crippen LogP contribution is 2.49. The van der Waals surface area contributed by atoms with Gasteiger partial charge in [-0.25, -0.2) is 0 Å². The third-order valence-corrected chi connectivity index (χ3v) is 11.9. The van der Waals surface area contributed by atoms with Crippen LogP contribution in [0.5, 0.6) is 0 Å². The number of unbranched alkanes of at least 4 members (excludes halogenated alkanes) is 3. The molecule has 7 heteroatoms. The van der Waals surface area contributed by atoms with E-state index >= 15 is 0 Å². The molecule has 0 saturated carbocycles. The molecule has 3 aliphatic rings. The normalized spacial score (nSPS) is 26.7. The fraction of sp³-hybridized carbons (Fsp3) is 0.500. The van der Waals surface area contributed by atoms with Gasteiger partial charge >= 0.3 is 6.92 Å². The van der Waals surface area contributed by atoms with Gasteiger partial charge in [-0.2, -0.15) is 0 Å². The molecular weight excluding hydrogens is 683 g/mol. The van der Waals surface area contributed by atoms with Gasteiger partial charge in [0.05, 0.1) is 33.0 Å². The first-order valence-corrected chi connectivity index (χ1v) is 21.1. The van der Waals surface area contributed by atoms with Crippen molar-refractivity contribution in [3.63, 3.8) is 0 Å². The molecule has 3 aliphatic heterocycles. The summed E-state index contributed by atoms with van der Waals surface area (Å²) < 4.78 is 43.4. The molecule has 0 N–H and O–H groups in total. The van der Waals surface area contributed by atoms with E-state index in [2.05, 4.69) is 116 Å². The summed E-state index contributed by atoms with van der Waals surface area (Å²) >= 11 is 0. The van der Waals surface area contributed by atoms with Crippen molar-refractivity contribution in [1.29, 1.82) is 0 Å². The Bertz CT molecular complexity index is 1630. The molecule has 7 rings (SSSR count). The molecule has 3 saturated heterocycles. The van der Waals surface area contributed by atoms with Crippen LogP contribution < -0.4 is 0 Å². The molecule has 0 aromatic heterocycles. The Hall–Kier alpha value is -3.30. The van der Waals surface area contributed by atoms with Crippen LogP contribution in [0.25, 0.3) is 0 Å². The summed E-state index contributed by atoms with van der Waals surface area (Å²) in [6, 6.07) is 41.8. The quantitative estimate of drug-likeness (QED) is 0.0704. The lowest BCUT2D eigenvalue weighted by atomic mass is 9.39. The lowest BCUT2D eigenvalue weighted by Gasteiger charge is -2.55. The number of rotatable bonds is 19. The summed E-state index contributed by atoms with van der Waals surface area (Å²) in [5, 5.41) is 0. The number of hydrogen-bond donors (Lipinski definition) is 0. The van der Waals surface area contributed by atoms with E-state index in [1.54, 1.807) is 0 Å². The van der Waals surface area contributed by atoms with E-state index in [9.17, 15) is 0 Å². The van der Waals surface area contributed by atoms with E-state index in [0.717, 1.165) is 67.2 Å². The zero-order valence-electron chi connectivity index (χ0n) is 32.9. The van der Waals surface area contributed by atoms with Gasteiger partial charge in [-0.15, -0.1) is 0 Å². The average Bonchev–Trinajstić information content (AvgIpc) is 3.57. The topological polar surface area (TPSA) is 55.4 Å². The minimum absolute atomic E-state index is 0.126. The van der Waals surface area contributed by atoms with Crippen molar-refractivity contribution in [3.05, 3.63) is 144 Å². The first kappa shape index (κ1) is 39.9. The van der Waals surface area contributed by atoms with E-state index in [1.165, 1.54) is 25.7 Å². The standard InChI is InChI=1S/C48H61BO6/c1-2-3-4-17-32-48(49-42-28-18-30-43(55-49)31-19-29-42)47(53-36-41-26-15-8-16-27-41)46(52-35-40-24-13-7-14-25-40)45(51-34-39-22-11-6-12-23-39)44(54-48)37-50-33-38-20-9-5-10-21-38/h5-16,20-27,42-47H,2-4,17-19,28-37H2,1H3/t42?,43?,44-,45-,46+,47-,48-/m1/s1. The SMILES string of the molecule is CCCCCC[C@@]1(B2OC3CCCC2CCC3)O[C@H](COCc2ccccc2)[C@@H](OCc2ccccc2)[C@H](OCc2ccccc2)[C@H]1OCc1ccccc1. The summed E-state index contributed by atoms with van der Waals surface area (Å²) in [6.07, 6.45) is 10.7. The summed E-state index contributed by atoms with van der Waals surface area (Å²) in [4.78, 5) is 0. The molecule has 2 bridgehead atoms. The Morgan fingerprint density at radius 3 is 1.64 bits per heavy atom. The Balaban J connectivity index is 1.32. The van der Waals surface area contributed by atoms with Gasteiger partial charge in [0.2, 0.25) is 0 Å². The molecule has 0 unspecified atom stereocenters. The van der Waals surface area contributed by atoms with Gasteiger partial charge in [-0.1, -0.05) is 180 Å². The van der Waals surface area contributed by atoms with E-state index in [1.807, 2.05) is 12.1 Å². The van der Waals surface area contributed by atoms with Gasteiger partial charge in [0, 0.05) is 6.10 Å². The van der Waals surface area contributed by atoms with Crippen LogP contribution in [0.2, 0.25) is 5.82 Å². The monoisotopic (exact) mass is 744 g/mol. The highest BCUT2D eigenvalue weighted by atomic mass is 16.6. The van der Waals surface area contributed by atoms with Gasteiger partial charge in [0.1, 0.15) is 29.9 Å². The maximum absolute atomic E-state index is 7.80. The minimum Gasteiger partial charge on any atom is -0.430 e. The number of ether oxygens (including phenoxy) is 5. The maximum atomic E-state index is 7.80. The van der Waals surface area contributed by atoms with Crippen LogP contribution in [0.4, 0.5) is 0 Å². The fourth-order valence-corrected chi connectivity index (χ4v) is 9.16. The largest absolute Gasteiger partial charge is 0.430 e. The van der Waals surface area contributed by atoms with Gasteiger partial charge in [0.25, 0.3) is 0 Å². The predicted octanol–water partition coefficient (Wildman–Crippen LogP) is 10.7. The third kappa shape index (κ3) is 10.8. The summed E-state index contributed by atoms with van der Waals surface area (Å²) in [6.45, 7) is 4.31. The second-order valence-electron chi connectivity index (χ2n) is 16.0. The van der Waals surface area contributed by atoms with Crippen molar-refractivity contribution in [2.45, 2.75) is 146 Å². The van der Waals surface area contributed by atoms with Crippen LogP contribution in [-0.2, 0) is 54.8 Å². The Morgan fingerprint density at radius 1 is 0.582 bits per heavy atom. The second-order valence-corrected chi connectivity index (χ2v) is 16.0. The van der Waals surface area contributed by atoms with Crippen LogP contribution in [0.3, 0.4) is 0 Å². The number of benzene rings is 4.